The van der Waals surface area contributed by atoms with E-state index in [9.17, 15) is 4.79 Å². The van der Waals surface area contributed by atoms with E-state index in [1.54, 1.807) is 6.92 Å². The second-order valence-corrected chi connectivity index (χ2v) is 3.57. The largest absolute Gasteiger partial charge is 0.307 e. The molecule has 2 aromatic heterocycles. The predicted octanol–water partition coefficient (Wildman–Crippen LogP) is 0.797. The molecule has 0 spiro atoms. The van der Waals surface area contributed by atoms with Crippen molar-refractivity contribution in [2.75, 3.05) is 0 Å². The molecule has 0 aliphatic rings. The summed E-state index contributed by atoms with van der Waals surface area (Å²) in [5, 5.41) is 8.11. The van der Waals surface area contributed by atoms with E-state index in [4.69, 9.17) is 0 Å². The summed E-state index contributed by atoms with van der Waals surface area (Å²) in [4.78, 5) is 14.1. The fourth-order valence-electron chi connectivity index (χ4n) is 1.15. The van der Waals surface area contributed by atoms with Gasteiger partial charge in [-0.25, -0.2) is 0 Å². The molecule has 0 radical (unpaired) electrons. The van der Waals surface area contributed by atoms with E-state index in [1.165, 1.54) is 4.63 Å². The normalized spacial score (nSPS) is 11.0. The minimum Gasteiger partial charge on any atom is -0.307 e. The summed E-state index contributed by atoms with van der Waals surface area (Å²) in [6.07, 6.45) is 0. The standard InChI is InChI=1S/C7H7BrN4O/c1-3-5(8)6-7(13)9-4(2)11-12(6)10-3/h1-2H3,(H,9,11,13). The number of aromatic amines is 1. The summed E-state index contributed by atoms with van der Waals surface area (Å²) in [6, 6.07) is 0. The van der Waals surface area contributed by atoms with Crippen LogP contribution in [0.15, 0.2) is 9.27 Å². The van der Waals surface area contributed by atoms with Gasteiger partial charge in [-0.05, 0) is 29.8 Å². The number of H-pyrrole nitrogens is 1. The number of rotatable bonds is 0. The summed E-state index contributed by atoms with van der Waals surface area (Å²) in [5.41, 5.74) is 1.02. The SMILES string of the molecule is Cc1nn2nc(C)c(Br)c2c(=O)[nH]1. The molecule has 0 aromatic carbocycles. The van der Waals surface area contributed by atoms with Crippen molar-refractivity contribution in [1.82, 2.24) is 19.8 Å². The Labute approximate surface area is 81.9 Å². The molecule has 0 unspecified atom stereocenters. The Morgan fingerprint density at radius 3 is 2.77 bits per heavy atom. The first-order valence-corrected chi connectivity index (χ1v) is 4.51. The van der Waals surface area contributed by atoms with Crippen LogP contribution in [0.25, 0.3) is 5.52 Å². The number of fused-ring (bicyclic) bond motifs is 1. The van der Waals surface area contributed by atoms with E-state index in [-0.39, 0.29) is 5.56 Å². The fraction of sp³-hybridized carbons (Fsp3) is 0.286. The highest BCUT2D eigenvalue weighted by Gasteiger charge is 2.10. The maximum absolute atomic E-state index is 11.4. The van der Waals surface area contributed by atoms with Gasteiger partial charge >= 0.3 is 0 Å². The van der Waals surface area contributed by atoms with Crippen LogP contribution in [0.1, 0.15) is 11.5 Å². The quantitative estimate of drug-likeness (QED) is 0.744. The van der Waals surface area contributed by atoms with E-state index < -0.39 is 0 Å². The fourth-order valence-corrected chi connectivity index (χ4v) is 1.57. The number of aromatic nitrogens is 4. The summed E-state index contributed by atoms with van der Waals surface area (Å²) in [6.45, 7) is 3.53. The monoisotopic (exact) mass is 242 g/mol. The van der Waals surface area contributed by atoms with Gasteiger partial charge in [-0.1, -0.05) is 0 Å². The van der Waals surface area contributed by atoms with Crippen molar-refractivity contribution < 1.29 is 0 Å². The first-order valence-electron chi connectivity index (χ1n) is 3.71. The van der Waals surface area contributed by atoms with Gasteiger partial charge in [0.1, 0.15) is 5.82 Å². The summed E-state index contributed by atoms with van der Waals surface area (Å²) < 4.78 is 2.04. The average Bonchev–Trinajstić information content (AvgIpc) is 2.27. The lowest BCUT2D eigenvalue weighted by atomic mass is 10.4. The number of hydrogen-bond donors (Lipinski definition) is 1. The molecule has 0 atom stereocenters. The van der Waals surface area contributed by atoms with Crippen LogP contribution < -0.4 is 5.56 Å². The minimum absolute atomic E-state index is 0.181. The third kappa shape index (κ3) is 1.17. The number of halogens is 1. The maximum Gasteiger partial charge on any atom is 0.278 e. The summed E-state index contributed by atoms with van der Waals surface area (Å²) >= 11 is 3.28. The molecule has 1 N–H and O–H groups in total. The van der Waals surface area contributed by atoms with E-state index in [2.05, 4.69) is 31.1 Å². The molecule has 5 nitrogen and oxygen atoms in total. The van der Waals surface area contributed by atoms with Crippen LogP contribution >= 0.6 is 15.9 Å². The molecule has 0 fully saturated rings. The van der Waals surface area contributed by atoms with Crippen molar-refractivity contribution in [3.8, 4) is 0 Å². The first kappa shape index (κ1) is 8.43. The van der Waals surface area contributed by atoms with E-state index in [0.29, 0.717) is 15.8 Å². The first-order chi connectivity index (χ1) is 6.09. The van der Waals surface area contributed by atoms with Crippen LogP contribution in [0, 0.1) is 13.8 Å². The molecular weight excluding hydrogens is 236 g/mol. The van der Waals surface area contributed by atoms with Crippen molar-refractivity contribution >= 4 is 21.4 Å². The molecule has 2 heterocycles. The molecule has 0 aliphatic carbocycles. The van der Waals surface area contributed by atoms with Crippen LogP contribution in [0.5, 0.6) is 0 Å². The molecule has 0 aliphatic heterocycles. The van der Waals surface area contributed by atoms with E-state index in [0.717, 1.165) is 5.69 Å². The minimum atomic E-state index is -0.181. The molecule has 0 saturated carbocycles. The number of hydrogen-bond acceptors (Lipinski definition) is 3. The van der Waals surface area contributed by atoms with Gasteiger partial charge in [0, 0.05) is 0 Å². The third-order valence-electron chi connectivity index (χ3n) is 1.72. The molecule has 0 amide bonds. The van der Waals surface area contributed by atoms with Gasteiger partial charge in [0.2, 0.25) is 0 Å². The Balaban J connectivity index is 3.03. The Kier molecular flexibility index (Phi) is 1.73. The van der Waals surface area contributed by atoms with Gasteiger partial charge in [0.15, 0.2) is 5.52 Å². The maximum atomic E-state index is 11.4. The van der Waals surface area contributed by atoms with Crippen LogP contribution in [0.4, 0.5) is 0 Å². The van der Waals surface area contributed by atoms with Crippen molar-refractivity contribution in [3.63, 3.8) is 0 Å². The van der Waals surface area contributed by atoms with Crippen molar-refractivity contribution in [2.45, 2.75) is 13.8 Å². The van der Waals surface area contributed by atoms with Gasteiger partial charge in [-0.3, -0.25) is 4.79 Å². The predicted molar refractivity (Wildman–Crippen MR) is 50.8 cm³/mol. The van der Waals surface area contributed by atoms with Crippen molar-refractivity contribution in [3.05, 3.63) is 26.3 Å². The molecule has 2 aromatic rings. The van der Waals surface area contributed by atoms with Crippen LogP contribution in [-0.2, 0) is 0 Å². The van der Waals surface area contributed by atoms with E-state index >= 15 is 0 Å². The number of nitrogens with zero attached hydrogens (tertiary/aromatic N) is 3. The van der Waals surface area contributed by atoms with Gasteiger partial charge in [-0.15, -0.1) is 9.73 Å². The highest BCUT2D eigenvalue weighted by Crippen LogP contribution is 2.17. The second-order valence-electron chi connectivity index (χ2n) is 2.78. The third-order valence-corrected chi connectivity index (χ3v) is 2.67. The Bertz CT molecular complexity index is 527. The molecule has 0 saturated heterocycles. The molecule has 2 rings (SSSR count). The Hall–Kier alpha value is -1.17. The van der Waals surface area contributed by atoms with Crippen LogP contribution in [0.2, 0.25) is 0 Å². The second kappa shape index (κ2) is 2.66. The highest BCUT2D eigenvalue weighted by molar-refractivity contribution is 9.10. The summed E-state index contributed by atoms with van der Waals surface area (Å²) in [5.74, 6) is 0.549. The molecular formula is C7H7BrN4O. The van der Waals surface area contributed by atoms with Gasteiger partial charge in [-0.2, -0.15) is 5.10 Å². The van der Waals surface area contributed by atoms with Gasteiger partial charge in [0.25, 0.3) is 5.56 Å². The summed E-state index contributed by atoms with van der Waals surface area (Å²) in [7, 11) is 0. The van der Waals surface area contributed by atoms with Crippen molar-refractivity contribution in [1.29, 1.82) is 0 Å². The van der Waals surface area contributed by atoms with Gasteiger partial charge < -0.3 is 4.98 Å². The van der Waals surface area contributed by atoms with Crippen molar-refractivity contribution in [2.24, 2.45) is 0 Å². The zero-order valence-electron chi connectivity index (χ0n) is 7.13. The smallest absolute Gasteiger partial charge is 0.278 e. The lowest BCUT2D eigenvalue weighted by Gasteiger charge is -1.92. The lowest BCUT2D eigenvalue weighted by molar-refractivity contribution is 0.739. The number of aryl methyl sites for hydroxylation is 2. The molecule has 13 heavy (non-hydrogen) atoms. The van der Waals surface area contributed by atoms with Crippen LogP contribution in [-0.4, -0.2) is 19.8 Å². The lowest BCUT2D eigenvalue weighted by Crippen LogP contribution is -2.14. The average molecular weight is 243 g/mol. The molecule has 0 bridgehead atoms. The molecule has 6 heteroatoms. The van der Waals surface area contributed by atoms with E-state index in [1.807, 2.05) is 6.92 Å². The molecule has 68 valence electrons. The highest BCUT2D eigenvalue weighted by atomic mass is 79.9. The number of nitrogens with one attached hydrogen (secondary N) is 1. The van der Waals surface area contributed by atoms with Gasteiger partial charge in [0.05, 0.1) is 10.2 Å². The Morgan fingerprint density at radius 2 is 2.08 bits per heavy atom. The Morgan fingerprint density at radius 1 is 1.38 bits per heavy atom. The zero-order valence-corrected chi connectivity index (χ0v) is 8.71. The van der Waals surface area contributed by atoms with Crippen LogP contribution in [0.3, 0.4) is 0 Å². The topological polar surface area (TPSA) is 63.1 Å². The zero-order chi connectivity index (χ0) is 9.59.